The summed E-state index contributed by atoms with van der Waals surface area (Å²) in [7, 11) is 0. The van der Waals surface area contributed by atoms with Crippen LogP contribution in [0.15, 0.2) is 33.2 Å². The third kappa shape index (κ3) is 2.78. The summed E-state index contributed by atoms with van der Waals surface area (Å²) >= 11 is 8.21. The minimum atomic E-state index is -0.0111. The summed E-state index contributed by atoms with van der Waals surface area (Å²) in [4.78, 5) is 14.1. The third-order valence-electron chi connectivity index (χ3n) is 2.20. The van der Waals surface area contributed by atoms with E-state index in [9.17, 15) is 4.79 Å². The monoisotopic (exact) mass is 373 g/mol. The van der Waals surface area contributed by atoms with Crippen molar-refractivity contribution in [1.29, 1.82) is 0 Å². The number of nitrogens with two attached hydrogens (primary N) is 1. The van der Waals surface area contributed by atoms with Crippen molar-refractivity contribution < 1.29 is 4.79 Å². The van der Waals surface area contributed by atoms with Gasteiger partial charge in [0, 0.05) is 25.1 Å². The van der Waals surface area contributed by atoms with Crippen LogP contribution in [0.1, 0.15) is 20.1 Å². The average molecular weight is 375 g/mol. The van der Waals surface area contributed by atoms with Crippen LogP contribution in [0.25, 0.3) is 0 Å². The molecular weight excluding hydrogens is 366 g/mol. The number of nitrogen functional groups attached to an aromatic ring is 1. The molecule has 1 aromatic heterocycles. The first-order valence-corrected chi connectivity index (χ1v) is 7.24. The maximum absolute atomic E-state index is 12.3. The average Bonchev–Trinajstić information content (AvgIpc) is 2.55. The van der Waals surface area contributed by atoms with Crippen LogP contribution in [0.4, 0.5) is 5.69 Å². The van der Waals surface area contributed by atoms with Crippen molar-refractivity contribution in [3.05, 3.63) is 48.5 Å². The van der Waals surface area contributed by atoms with Gasteiger partial charge in [-0.3, -0.25) is 4.79 Å². The summed E-state index contributed by atoms with van der Waals surface area (Å²) in [5, 5.41) is 0. The Bertz CT molecular complexity index is 572. The van der Waals surface area contributed by atoms with Gasteiger partial charge in [0.1, 0.15) is 0 Å². The van der Waals surface area contributed by atoms with Crippen LogP contribution in [-0.4, -0.2) is 5.78 Å². The molecule has 0 spiro atoms. The molecule has 0 aliphatic rings. The summed E-state index contributed by atoms with van der Waals surface area (Å²) in [6, 6.07) is 7.18. The summed E-state index contributed by atoms with van der Waals surface area (Å²) in [6.07, 6.45) is 0. The van der Waals surface area contributed by atoms with Gasteiger partial charge >= 0.3 is 0 Å². The second-order valence-corrected chi connectivity index (χ2v) is 6.66. The van der Waals surface area contributed by atoms with Crippen LogP contribution in [0.5, 0.6) is 0 Å². The van der Waals surface area contributed by atoms with Crippen molar-refractivity contribution in [1.82, 2.24) is 0 Å². The SMILES string of the molecule is Cc1cc(Br)c(C(=O)c2cc(N)cc(Br)c2)s1. The molecule has 1 aromatic carbocycles. The second-order valence-electron chi connectivity index (χ2n) is 3.64. The van der Waals surface area contributed by atoms with Gasteiger partial charge in [-0.2, -0.15) is 0 Å². The molecule has 5 heteroatoms. The van der Waals surface area contributed by atoms with Gasteiger partial charge in [0.15, 0.2) is 0 Å². The second kappa shape index (κ2) is 4.92. The number of ketones is 1. The van der Waals surface area contributed by atoms with Crippen molar-refractivity contribution in [2.45, 2.75) is 6.92 Å². The highest BCUT2D eigenvalue weighted by Gasteiger charge is 2.16. The first-order chi connectivity index (χ1) is 7.97. The Hall–Kier alpha value is -0.650. The molecular formula is C12H9Br2NOS. The van der Waals surface area contributed by atoms with Crippen LogP contribution in [-0.2, 0) is 0 Å². The quantitative estimate of drug-likeness (QED) is 0.625. The number of carbonyl (C=O) groups excluding carboxylic acids is 1. The van der Waals surface area contributed by atoms with E-state index in [1.807, 2.05) is 13.0 Å². The van der Waals surface area contributed by atoms with E-state index >= 15 is 0 Å². The molecule has 0 bridgehead atoms. The molecule has 88 valence electrons. The molecule has 0 atom stereocenters. The van der Waals surface area contributed by atoms with E-state index < -0.39 is 0 Å². The van der Waals surface area contributed by atoms with Gasteiger partial charge < -0.3 is 5.73 Å². The van der Waals surface area contributed by atoms with E-state index in [2.05, 4.69) is 31.9 Å². The fraction of sp³-hybridized carbons (Fsp3) is 0.0833. The molecule has 0 saturated carbocycles. The minimum Gasteiger partial charge on any atom is -0.399 e. The van der Waals surface area contributed by atoms with Crippen LogP contribution in [0, 0.1) is 6.92 Å². The Kier molecular flexibility index (Phi) is 3.70. The largest absolute Gasteiger partial charge is 0.399 e. The number of aryl methyl sites for hydroxylation is 1. The van der Waals surface area contributed by atoms with Crippen LogP contribution >= 0.6 is 43.2 Å². The number of halogens is 2. The van der Waals surface area contributed by atoms with Crippen molar-refractivity contribution in [3.8, 4) is 0 Å². The fourth-order valence-corrected chi connectivity index (χ4v) is 3.81. The Morgan fingerprint density at radius 3 is 2.47 bits per heavy atom. The maximum atomic E-state index is 12.3. The zero-order valence-corrected chi connectivity index (χ0v) is 12.9. The van der Waals surface area contributed by atoms with Crippen molar-refractivity contribution in [3.63, 3.8) is 0 Å². The number of hydrogen-bond donors (Lipinski definition) is 1. The molecule has 17 heavy (non-hydrogen) atoms. The normalized spacial score (nSPS) is 10.5. The molecule has 2 aromatic rings. The molecule has 0 saturated heterocycles. The summed E-state index contributed by atoms with van der Waals surface area (Å²) in [5.41, 5.74) is 6.90. The van der Waals surface area contributed by atoms with E-state index in [0.29, 0.717) is 16.1 Å². The molecule has 1 heterocycles. The van der Waals surface area contributed by atoms with Crippen molar-refractivity contribution in [2.75, 3.05) is 5.73 Å². The first kappa shape index (κ1) is 12.8. The number of benzene rings is 1. The Balaban J connectivity index is 2.47. The fourth-order valence-electron chi connectivity index (χ4n) is 1.51. The van der Waals surface area contributed by atoms with Crippen molar-refractivity contribution in [2.24, 2.45) is 0 Å². The van der Waals surface area contributed by atoms with E-state index in [1.54, 1.807) is 18.2 Å². The molecule has 0 fully saturated rings. The van der Waals surface area contributed by atoms with Gasteiger partial charge in [0.25, 0.3) is 0 Å². The molecule has 0 amide bonds. The maximum Gasteiger partial charge on any atom is 0.204 e. The minimum absolute atomic E-state index is 0.0111. The number of hydrogen-bond acceptors (Lipinski definition) is 3. The van der Waals surface area contributed by atoms with Gasteiger partial charge in [0.05, 0.1) is 4.88 Å². The Labute approximate surface area is 120 Å². The van der Waals surface area contributed by atoms with E-state index in [4.69, 9.17) is 5.73 Å². The van der Waals surface area contributed by atoms with E-state index in [0.717, 1.165) is 13.8 Å². The number of rotatable bonds is 2. The molecule has 2 N–H and O–H groups in total. The molecule has 0 unspecified atom stereocenters. The smallest absolute Gasteiger partial charge is 0.204 e. The molecule has 0 aliphatic heterocycles. The van der Waals surface area contributed by atoms with Crippen LogP contribution in [0.3, 0.4) is 0 Å². The highest BCUT2D eigenvalue weighted by atomic mass is 79.9. The van der Waals surface area contributed by atoms with Gasteiger partial charge in [0.2, 0.25) is 5.78 Å². The lowest BCUT2D eigenvalue weighted by Crippen LogP contribution is -2.00. The van der Waals surface area contributed by atoms with Gasteiger partial charge in [-0.1, -0.05) is 15.9 Å². The summed E-state index contributed by atoms with van der Waals surface area (Å²) in [5.74, 6) is -0.0111. The van der Waals surface area contributed by atoms with Gasteiger partial charge in [-0.15, -0.1) is 11.3 Å². The predicted octanol–water partition coefficient (Wildman–Crippen LogP) is 4.39. The van der Waals surface area contributed by atoms with Crippen molar-refractivity contribution >= 4 is 54.7 Å². The summed E-state index contributed by atoms with van der Waals surface area (Å²) < 4.78 is 1.65. The first-order valence-electron chi connectivity index (χ1n) is 4.84. The van der Waals surface area contributed by atoms with Crippen LogP contribution in [0.2, 0.25) is 0 Å². The molecule has 0 aliphatic carbocycles. The lowest BCUT2D eigenvalue weighted by molar-refractivity contribution is 0.104. The number of carbonyl (C=O) groups is 1. The van der Waals surface area contributed by atoms with Gasteiger partial charge in [-0.05, 0) is 47.1 Å². The Morgan fingerprint density at radius 1 is 1.24 bits per heavy atom. The van der Waals surface area contributed by atoms with E-state index in [-0.39, 0.29) is 5.78 Å². The highest BCUT2D eigenvalue weighted by molar-refractivity contribution is 9.10. The molecule has 2 rings (SSSR count). The standard InChI is InChI=1S/C12H9Br2NOS/c1-6-2-10(14)12(17-6)11(16)7-3-8(13)5-9(15)4-7/h2-5H,15H2,1H3. The number of thiophene rings is 1. The molecule has 0 radical (unpaired) electrons. The zero-order chi connectivity index (χ0) is 12.6. The lowest BCUT2D eigenvalue weighted by Gasteiger charge is -2.02. The highest BCUT2D eigenvalue weighted by Crippen LogP contribution is 2.30. The lowest BCUT2D eigenvalue weighted by atomic mass is 10.1. The third-order valence-corrected chi connectivity index (χ3v) is 4.59. The van der Waals surface area contributed by atoms with Crippen LogP contribution < -0.4 is 5.73 Å². The Morgan fingerprint density at radius 2 is 1.94 bits per heavy atom. The zero-order valence-electron chi connectivity index (χ0n) is 8.96. The number of anilines is 1. The summed E-state index contributed by atoms with van der Waals surface area (Å²) in [6.45, 7) is 1.97. The molecule has 2 nitrogen and oxygen atoms in total. The topological polar surface area (TPSA) is 43.1 Å². The predicted molar refractivity (Wildman–Crippen MR) is 78.7 cm³/mol. The van der Waals surface area contributed by atoms with Gasteiger partial charge in [-0.25, -0.2) is 0 Å². The van der Waals surface area contributed by atoms with E-state index in [1.165, 1.54) is 11.3 Å².